The zero-order chi connectivity index (χ0) is 20.5. The number of ether oxygens (including phenoxy) is 1. The normalized spacial score (nSPS) is 17.6. The molecule has 0 spiro atoms. The molecular weight excluding hydrogens is 380 g/mol. The van der Waals surface area contributed by atoms with Gasteiger partial charge in [-0.15, -0.1) is 0 Å². The monoisotopic (exact) mass is 404 g/mol. The number of aryl methyl sites for hydroxylation is 1. The lowest BCUT2D eigenvalue weighted by Crippen LogP contribution is -2.31. The predicted molar refractivity (Wildman–Crippen MR) is 106 cm³/mol. The molecule has 1 atom stereocenters. The summed E-state index contributed by atoms with van der Waals surface area (Å²) in [5, 5.41) is 11.2. The molecule has 28 heavy (non-hydrogen) atoms. The summed E-state index contributed by atoms with van der Waals surface area (Å²) in [4.78, 5) is 10.7. The zero-order valence-corrected chi connectivity index (χ0v) is 17.0. The van der Waals surface area contributed by atoms with Crippen LogP contribution < -0.4 is 4.74 Å². The van der Waals surface area contributed by atoms with E-state index in [0.717, 1.165) is 17.7 Å². The minimum Gasteiger partial charge on any atom is -0.494 e. The summed E-state index contributed by atoms with van der Waals surface area (Å²) in [7, 11) is -3.87. The summed E-state index contributed by atoms with van der Waals surface area (Å²) in [5.41, 5.74) is 1.82. The van der Waals surface area contributed by atoms with Gasteiger partial charge in [-0.1, -0.05) is 12.1 Å². The number of nitro benzene ring substituents is 1. The maximum absolute atomic E-state index is 13.4. The molecule has 0 aromatic heterocycles. The molecule has 0 unspecified atom stereocenters. The molecule has 2 aromatic carbocycles. The zero-order valence-electron chi connectivity index (χ0n) is 16.2. The van der Waals surface area contributed by atoms with E-state index in [9.17, 15) is 18.5 Å². The van der Waals surface area contributed by atoms with Crippen LogP contribution in [0.1, 0.15) is 42.5 Å². The third kappa shape index (κ3) is 3.74. The first-order valence-corrected chi connectivity index (χ1v) is 10.7. The quantitative estimate of drug-likeness (QED) is 0.533. The Hall–Kier alpha value is -2.45. The van der Waals surface area contributed by atoms with Gasteiger partial charge in [0.2, 0.25) is 10.0 Å². The Kier molecular flexibility index (Phi) is 5.71. The maximum Gasteiger partial charge on any atom is 0.271 e. The highest BCUT2D eigenvalue weighted by Crippen LogP contribution is 2.38. The first-order valence-electron chi connectivity index (χ1n) is 9.26. The summed E-state index contributed by atoms with van der Waals surface area (Å²) < 4.78 is 33.8. The molecule has 1 fully saturated rings. The minimum absolute atomic E-state index is 0.0111. The lowest BCUT2D eigenvalue weighted by Gasteiger charge is -2.25. The van der Waals surface area contributed by atoms with Gasteiger partial charge in [0, 0.05) is 18.7 Å². The van der Waals surface area contributed by atoms with Crippen LogP contribution in [-0.4, -0.2) is 30.8 Å². The Morgan fingerprint density at radius 3 is 2.50 bits per heavy atom. The maximum atomic E-state index is 13.4. The standard InChI is InChI=1S/C20H24N2O5S/c1-4-27-18-9-7-16(8-10-18)19-6-5-11-21(19)28(25,26)20-13-17(22(23)24)12-14(2)15(20)3/h7-10,12-13,19H,4-6,11H2,1-3H3/t19-/m1/s1. The van der Waals surface area contributed by atoms with Gasteiger partial charge < -0.3 is 4.74 Å². The van der Waals surface area contributed by atoms with Gasteiger partial charge >= 0.3 is 0 Å². The summed E-state index contributed by atoms with van der Waals surface area (Å²) in [5.74, 6) is 0.740. The number of sulfonamides is 1. The second-order valence-corrected chi connectivity index (χ2v) is 8.78. The van der Waals surface area contributed by atoms with Crippen molar-refractivity contribution in [2.24, 2.45) is 0 Å². The Labute approximate surface area is 165 Å². The summed E-state index contributed by atoms with van der Waals surface area (Å²) in [6.45, 7) is 6.24. The van der Waals surface area contributed by atoms with Crippen molar-refractivity contribution in [3.63, 3.8) is 0 Å². The summed E-state index contributed by atoms with van der Waals surface area (Å²) in [6, 6.07) is 9.73. The van der Waals surface area contributed by atoms with Crippen molar-refractivity contribution in [2.75, 3.05) is 13.2 Å². The van der Waals surface area contributed by atoms with Crippen LogP contribution in [-0.2, 0) is 10.0 Å². The molecule has 1 saturated heterocycles. The van der Waals surface area contributed by atoms with Crippen LogP contribution in [0.3, 0.4) is 0 Å². The van der Waals surface area contributed by atoms with Crippen molar-refractivity contribution >= 4 is 15.7 Å². The first kappa shape index (κ1) is 20.3. The molecule has 0 saturated carbocycles. The molecular formula is C20H24N2O5S. The van der Waals surface area contributed by atoms with Gasteiger partial charge in [-0.05, 0) is 62.4 Å². The van der Waals surface area contributed by atoms with Crippen molar-refractivity contribution in [2.45, 2.75) is 44.6 Å². The molecule has 1 heterocycles. The number of nitro groups is 1. The molecule has 0 N–H and O–H groups in total. The fourth-order valence-electron chi connectivity index (χ4n) is 3.62. The van der Waals surface area contributed by atoms with Crippen LogP contribution in [0.4, 0.5) is 5.69 Å². The van der Waals surface area contributed by atoms with E-state index in [2.05, 4.69) is 0 Å². The molecule has 3 rings (SSSR count). The van der Waals surface area contributed by atoms with Gasteiger partial charge in [-0.2, -0.15) is 4.31 Å². The molecule has 2 aromatic rings. The van der Waals surface area contributed by atoms with Gasteiger partial charge in [-0.3, -0.25) is 10.1 Å². The Bertz CT molecular complexity index is 986. The number of nitrogens with zero attached hydrogens (tertiary/aromatic N) is 2. The third-order valence-electron chi connectivity index (χ3n) is 5.18. The number of rotatable bonds is 6. The largest absolute Gasteiger partial charge is 0.494 e. The van der Waals surface area contributed by atoms with Gasteiger partial charge in [0.05, 0.1) is 22.5 Å². The van der Waals surface area contributed by atoms with Crippen molar-refractivity contribution in [1.29, 1.82) is 0 Å². The molecule has 8 heteroatoms. The highest BCUT2D eigenvalue weighted by atomic mass is 32.2. The molecule has 0 bridgehead atoms. The fraction of sp³-hybridized carbons (Fsp3) is 0.400. The summed E-state index contributed by atoms with van der Waals surface area (Å²) >= 11 is 0. The van der Waals surface area contributed by atoms with Gasteiger partial charge in [0.25, 0.3) is 5.69 Å². The molecule has 7 nitrogen and oxygen atoms in total. The second kappa shape index (κ2) is 7.89. The van der Waals surface area contributed by atoms with Gasteiger partial charge in [0.1, 0.15) is 5.75 Å². The van der Waals surface area contributed by atoms with Crippen molar-refractivity contribution in [3.05, 3.63) is 63.2 Å². The number of non-ortho nitro benzene ring substituents is 1. The molecule has 0 amide bonds. The predicted octanol–water partition coefficient (Wildman–Crippen LogP) is 4.14. The number of benzene rings is 2. The van der Waals surface area contributed by atoms with Crippen LogP contribution >= 0.6 is 0 Å². The third-order valence-corrected chi connectivity index (χ3v) is 7.22. The van der Waals surface area contributed by atoms with E-state index in [1.165, 1.54) is 16.4 Å². The van der Waals surface area contributed by atoms with E-state index in [1.54, 1.807) is 13.8 Å². The van der Waals surface area contributed by atoms with E-state index in [0.29, 0.717) is 30.7 Å². The van der Waals surface area contributed by atoms with E-state index >= 15 is 0 Å². The molecule has 0 radical (unpaired) electrons. The van der Waals surface area contributed by atoms with Crippen LogP contribution in [0, 0.1) is 24.0 Å². The van der Waals surface area contributed by atoms with E-state index < -0.39 is 14.9 Å². The van der Waals surface area contributed by atoms with Gasteiger partial charge in [0.15, 0.2) is 0 Å². The van der Waals surface area contributed by atoms with Gasteiger partial charge in [-0.25, -0.2) is 8.42 Å². The van der Waals surface area contributed by atoms with Crippen LogP contribution in [0.2, 0.25) is 0 Å². The Morgan fingerprint density at radius 1 is 1.21 bits per heavy atom. The van der Waals surface area contributed by atoms with Crippen LogP contribution in [0.25, 0.3) is 0 Å². The van der Waals surface area contributed by atoms with Crippen LogP contribution in [0.15, 0.2) is 41.3 Å². The van der Waals surface area contributed by atoms with E-state index in [4.69, 9.17) is 4.74 Å². The molecule has 1 aliphatic heterocycles. The Morgan fingerprint density at radius 2 is 1.89 bits per heavy atom. The fourth-order valence-corrected chi connectivity index (χ4v) is 5.62. The van der Waals surface area contributed by atoms with Crippen LogP contribution in [0.5, 0.6) is 5.75 Å². The number of hydrogen-bond acceptors (Lipinski definition) is 5. The lowest BCUT2D eigenvalue weighted by atomic mass is 10.1. The smallest absolute Gasteiger partial charge is 0.271 e. The summed E-state index contributed by atoms with van der Waals surface area (Å²) in [6.07, 6.45) is 1.45. The van der Waals surface area contributed by atoms with Crippen molar-refractivity contribution in [1.82, 2.24) is 4.31 Å². The molecule has 0 aliphatic carbocycles. The van der Waals surface area contributed by atoms with E-state index in [-0.39, 0.29) is 16.6 Å². The first-order chi connectivity index (χ1) is 13.3. The lowest BCUT2D eigenvalue weighted by molar-refractivity contribution is -0.385. The average molecular weight is 404 g/mol. The molecule has 1 aliphatic rings. The highest BCUT2D eigenvalue weighted by molar-refractivity contribution is 7.89. The van der Waals surface area contributed by atoms with Crippen molar-refractivity contribution in [3.8, 4) is 5.75 Å². The van der Waals surface area contributed by atoms with E-state index in [1.807, 2.05) is 31.2 Å². The second-order valence-electron chi connectivity index (χ2n) is 6.92. The highest BCUT2D eigenvalue weighted by Gasteiger charge is 2.37. The topological polar surface area (TPSA) is 89.8 Å². The average Bonchev–Trinajstić information content (AvgIpc) is 3.15. The SMILES string of the molecule is CCOc1ccc([C@H]2CCCN2S(=O)(=O)c2cc([N+](=O)[O-])cc(C)c2C)cc1. The number of hydrogen-bond donors (Lipinski definition) is 0. The minimum atomic E-state index is -3.87. The Balaban J connectivity index is 2.00. The van der Waals surface area contributed by atoms with Crippen molar-refractivity contribution < 1.29 is 18.1 Å². The molecule has 150 valence electrons.